The summed E-state index contributed by atoms with van der Waals surface area (Å²) in [4.78, 5) is 14.1. The van der Waals surface area contributed by atoms with Crippen molar-refractivity contribution in [1.29, 1.82) is 0 Å². The van der Waals surface area contributed by atoms with Gasteiger partial charge in [-0.3, -0.25) is 10.1 Å². The summed E-state index contributed by atoms with van der Waals surface area (Å²) >= 11 is 0. The standard InChI is InChI=1S/C18H17F2N4O4/c1-27-15-8-3-12(16(9-15)28-2)10-24(11-21-18(22-24)17(19)20)14-6-4-13(5-7-14)23(25)26/h3-9,11,17H,10H2,1-2H3/q+1. The zero-order valence-electron chi connectivity index (χ0n) is 15.1. The predicted molar refractivity (Wildman–Crippen MR) is 100 cm³/mol. The fourth-order valence-corrected chi connectivity index (χ4v) is 2.86. The van der Waals surface area contributed by atoms with Gasteiger partial charge >= 0.3 is 6.43 Å². The first-order valence-electron chi connectivity index (χ1n) is 8.16. The number of nitrogens with zero attached hydrogens (tertiary/aromatic N) is 4. The Kier molecular flexibility index (Phi) is 5.32. The van der Waals surface area contributed by atoms with E-state index in [1.807, 2.05) is 0 Å². The number of benzene rings is 2. The molecule has 2 aromatic rings. The van der Waals surface area contributed by atoms with E-state index in [4.69, 9.17) is 9.47 Å². The van der Waals surface area contributed by atoms with Crippen molar-refractivity contribution in [3.05, 3.63) is 58.1 Å². The van der Waals surface area contributed by atoms with Crippen LogP contribution in [0.3, 0.4) is 0 Å². The van der Waals surface area contributed by atoms with Gasteiger partial charge in [-0.05, 0) is 17.2 Å². The van der Waals surface area contributed by atoms with Crippen LogP contribution in [0.1, 0.15) is 5.56 Å². The second-order valence-corrected chi connectivity index (χ2v) is 5.94. The average molecular weight is 391 g/mol. The molecule has 0 saturated heterocycles. The molecule has 146 valence electrons. The van der Waals surface area contributed by atoms with Crippen LogP contribution >= 0.6 is 0 Å². The van der Waals surface area contributed by atoms with Crippen LogP contribution in [0.25, 0.3) is 0 Å². The van der Waals surface area contributed by atoms with Crippen molar-refractivity contribution in [3.63, 3.8) is 0 Å². The molecule has 1 unspecified atom stereocenters. The Labute approximate surface area is 159 Å². The summed E-state index contributed by atoms with van der Waals surface area (Å²) in [5, 5.41) is 15.0. The number of aliphatic imine (C=N–C) groups is 1. The van der Waals surface area contributed by atoms with Crippen LogP contribution in [0.15, 0.2) is 52.6 Å². The van der Waals surface area contributed by atoms with E-state index in [1.165, 1.54) is 44.8 Å². The minimum Gasteiger partial charge on any atom is -0.497 e. The zero-order valence-corrected chi connectivity index (χ0v) is 15.1. The summed E-state index contributed by atoms with van der Waals surface area (Å²) in [6.45, 7) is 0.116. The van der Waals surface area contributed by atoms with Crippen LogP contribution in [-0.4, -0.2) is 37.7 Å². The number of hydrogen-bond donors (Lipinski definition) is 0. The quantitative estimate of drug-likeness (QED) is 0.409. The molecule has 1 aliphatic heterocycles. The normalized spacial score (nSPS) is 18.2. The number of quaternary nitrogens is 1. The molecule has 0 saturated carbocycles. The Morgan fingerprint density at radius 2 is 1.86 bits per heavy atom. The number of amidine groups is 1. The van der Waals surface area contributed by atoms with Crippen LogP contribution in [0.2, 0.25) is 0 Å². The molecule has 0 aromatic heterocycles. The molecule has 3 rings (SSSR count). The van der Waals surface area contributed by atoms with Gasteiger partial charge in [0.15, 0.2) is 5.69 Å². The minimum atomic E-state index is -2.84. The van der Waals surface area contributed by atoms with Gasteiger partial charge in [0, 0.05) is 30.3 Å². The van der Waals surface area contributed by atoms with Gasteiger partial charge in [0.2, 0.25) is 6.34 Å². The van der Waals surface area contributed by atoms with Crippen molar-refractivity contribution >= 4 is 23.5 Å². The van der Waals surface area contributed by atoms with E-state index < -0.39 is 21.8 Å². The monoisotopic (exact) mass is 391 g/mol. The average Bonchev–Trinajstić information content (AvgIpc) is 3.14. The van der Waals surface area contributed by atoms with E-state index in [1.54, 1.807) is 18.2 Å². The molecule has 0 aliphatic carbocycles. The minimum absolute atomic E-state index is 0.113. The highest BCUT2D eigenvalue weighted by Gasteiger charge is 2.39. The van der Waals surface area contributed by atoms with Gasteiger partial charge in [0.05, 0.1) is 24.7 Å². The highest BCUT2D eigenvalue weighted by atomic mass is 19.3. The van der Waals surface area contributed by atoms with Gasteiger partial charge in [-0.2, -0.15) is 4.99 Å². The molecule has 10 heteroatoms. The van der Waals surface area contributed by atoms with E-state index in [0.29, 0.717) is 22.7 Å². The first kappa shape index (κ1) is 19.4. The van der Waals surface area contributed by atoms with E-state index >= 15 is 0 Å². The van der Waals surface area contributed by atoms with Crippen LogP contribution in [0.4, 0.5) is 20.2 Å². The van der Waals surface area contributed by atoms with Crippen molar-refractivity contribution < 1.29 is 23.2 Å². The maximum Gasteiger partial charge on any atom is 0.302 e. The Balaban J connectivity index is 2.06. The van der Waals surface area contributed by atoms with E-state index in [2.05, 4.69) is 10.1 Å². The van der Waals surface area contributed by atoms with E-state index in [-0.39, 0.29) is 12.2 Å². The first-order chi connectivity index (χ1) is 13.4. The van der Waals surface area contributed by atoms with E-state index in [9.17, 15) is 18.9 Å². The van der Waals surface area contributed by atoms with Crippen LogP contribution in [0, 0.1) is 10.1 Å². The van der Waals surface area contributed by atoms with Crippen LogP contribution < -0.4 is 14.1 Å². The molecule has 0 amide bonds. The van der Waals surface area contributed by atoms with Gasteiger partial charge in [-0.1, -0.05) is 0 Å². The first-order valence-corrected chi connectivity index (χ1v) is 8.16. The molecule has 0 radical (unpaired) electrons. The number of nitro groups is 1. The molecule has 1 atom stereocenters. The lowest BCUT2D eigenvalue weighted by Gasteiger charge is -2.25. The molecular weight excluding hydrogens is 374 g/mol. The SMILES string of the molecule is COc1ccc(C[N+]2(c3ccc([N+](=O)[O-])cc3)C=NC(C(F)F)=N2)c(OC)c1. The smallest absolute Gasteiger partial charge is 0.302 e. The van der Waals surface area contributed by atoms with Gasteiger partial charge in [-0.25, -0.2) is 8.78 Å². The largest absolute Gasteiger partial charge is 0.497 e. The zero-order chi connectivity index (χ0) is 20.3. The second-order valence-electron chi connectivity index (χ2n) is 5.94. The van der Waals surface area contributed by atoms with Gasteiger partial charge in [-0.15, -0.1) is 4.59 Å². The Hall–Kier alpha value is -3.40. The number of alkyl halides is 2. The number of nitro benzene ring substituents is 1. The summed E-state index contributed by atoms with van der Waals surface area (Å²) in [6, 6.07) is 10.7. The lowest BCUT2D eigenvalue weighted by Crippen LogP contribution is -2.40. The highest BCUT2D eigenvalue weighted by molar-refractivity contribution is 5.99. The number of methoxy groups -OCH3 is 2. The molecule has 8 nitrogen and oxygen atoms in total. The number of hydrogen-bond acceptors (Lipinski definition) is 6. The maximum atomic E-state index is 13.2. The molecular formula is C18H17F2N4O4+. The van der Waals surface area contributed by atoms with Gasteiger partial charge < -0.3 is 9.47 Å². The van der Waals surface area contributed by atoms with Crippen molar-refractivity contribution in [3.8, 4) is 11.5 Å². The number of ether oxygens (including phenoxy) is 2. The number of halogens is 2. The van der Waals surface area contributed by atoms with Crippen LogP contribution in [0.5, 0.6) is 11.5 Å². The molecule has 0 N–H and O–H groups in total. The highest BCUT2D eigenvalue weighted by Crippen LogP contribution is 2.34. The molecule has 1 heterocycles. The molecule has 0 fully saturated rings. The molecule has 1 aliphatic rings. The second kappa shape index (κ2) is 7.69. The van der Waals surface area contributed by atoms with Gasteiger partial charge in [0.1, 0.15) is 18.0 Å². The fourth-order valence-electron chi connectivity index (χ4n) is 2.86. The fraction of sp³-hybridized carbons (Fsp3) is 0.222. The summed E-state index contributed by atoms with van der Waals surface area (Å²) in [5.41, 5.74) is 1.01. The summed E-state index contributed by atoms with van der Waals surface area (Å²) in [7, 11) is 3.01. The number of non-ortho nitro benzene ring substituents is 1. The third-order valence-corrected chi connectivity index (χ3v) is 4.27. The lowest BCUT2D eigenvalue weighted by molar-refractivity contribution is -0.384. The predicted octanol–water partition coefficient (Wildman–Crippen LogP) is 3.74. The summed E-state index contributed by atoms with van der Waals surface area (Å²) in [6.07, 6.45) is -1.56. The Morgan fingerprint density at radius 3 is 2.39 bits per heavy atom. The topological polar surface area (TPSA) is 86.3 Å². The van der Waals surface area contributed by atoms with Crippen molar-refractivity contribution in [1.82, 2.24) is 4.59 Å². The third-order valence-electron chi connectivity index (χ3n) is 4.27. The lowest BCUT2D eigenvalue weighted by atomic mass is 10.1. The van der Waals surface area contributed by atoms with Crippen molar-refractivity contribution in [2.24, 2.45) is 10.1 Å². The van der Waals surface area contributed by atoms with Crippen LogP contribution in [-0.2, 0) is 6.54 Å². The van der Waals surface area contributed by atoms with E-state index in [0.717, 1.165) is 0 Å². The molecule has 28 heavy (non-hydrogen) atoms. The van der Waals surface area contributed by atoms with Gasteiger partial charge in [0.25, 0.3) is 11.5 Å². The van der Waals surface area contributed by atoms with Crippen molar-refractivity contribution in [2.45, 2.75) is 13.0 Å². The molecule has 0 spiro atoms. The summed E-state index contributed by atoms with van der Waals surface area (Å²) in [5.74, 6) is 0.466. The van der Waals surface area contributed by atoms with Crippen molar-refractivity contribution in [2.75, 3.05) is 14.2 Å². The Morgan fingerprint density at radius 1 is 1.14 bits per heavy atom. The number of rotatable bonds is 7. The third kappa shape index (κ3) is 3.67. The maximum absolute atomic E-state index is 13.2. The molecule has 0 bridgehead atoms. The summed E-state index contributed by atoms with van der Waals surface area (Å²) < 4.78 is 36.5. The molecule has 2 aromatic carbocycles. The Bertz CT molecular complexity index is 947.